The van der Waals surface area contributed by atoms with Crippen molar-refractivity contribution >= 4 is 27.6 Å². The van der Waals surface area contributed by atoms with E-state index in [0.717, 1.165) is 0 Å². The summed E-state index contributed by atoms with van der Waals surface area (Å²) in [5, 5.41) is 9.07. The first-order valence-electron chi connectivity index (χ1n) is 5.65. The second-order valence-electron chi connectivity index (χ2n) is 4.18. The summed E-state index contributed by atoms with van der Waals surface area (Å²) in [5.41, 5.74) is 6.41. The van der Waals surface area contributed by atoms with Crippen LogP contribution in [0, 0.1) is 12.7 Å². The lowest BCUT2D eigenvalue weighted by Gasteiger charge is -2.11. The molecule has 104 valence electrons. The van der Waals surface area contributed by atoms with Gasteiger partial charge in [0.15, 0.2) is 0 Å². The minimum atomic E-state index is -1.14. The SMILES string of the molecule is Cc1cc(Oc2cc(F)ccc2Br)cc(C(=O)O)c1N. The van der Waals surface area contributed by atoms with Crippen LogP contribution in [-0.2, 0) is 0 Å². The van der Waals surface area contributed by atoms with Gasteiger partial charge in [0, 0.05) is 11.8 Å². The van der Waals surface area contributed by atoms with Crippen molar-refractivity contribution in [3.63, 3.8) is 0 Å². The maximum atomic E-state index is 13.2. The molecule has 0 aliphatic carbocycles. The van der Waals surface area contributed by atoms with Crippen molar-refractivity contribution in [3.8, 4) is 11.5 Å². The summed E-state index contributed by atoms with van der Waals surface area (Å²) in [7, 11) is 0. The Kier molecular flexibility index (Phi) is 3.94. The minimum Gasteiger partial charge on any atom is -0.478 e. The minimum absolute atomic E-state index is 0.0486. The molecule has 2 aromatic rings. The molecule has 0 aliphatic rings. The van der Waals surface area contributed by atoms with E-state index in [1.165, 1.54) is 24.3 Å². The monoisotopic (exact) mass is 339 g/mol. The van der Waals surface area contributed by atoms with Crippen molar-refractivity contribution in [1.82, 2.24) is 0 Å². The van der Waals surface area contributed by atoms with Gasteiger partial charge in [0.05, 0.1) is 10.0 Å². The molecule has 2 rings (SSSR count). The van der Waals surface area contributed by atoms with Crippen LogP contribution >= 0.6 is 15.9 Å². The average Bonchev–Trinajstić information content (AvgIpc) is 2.37. The molecule has 0 unspecified atom stereocenters. The Morgan fingerprint density at radius 1 is 1.35 bits per heavy atom. The van der Waals surface area contributed by atoms with Crippen LogP contribution in [0.4, 0.5) is 10.1 Å². The highest BCUT2D eigenvalue weighted by Gasteiger charge is 2.13. The molecule has 0 radical (unpaired) electrons. The third kappa shape index (κ3) is 2.91. The number of halogens is 2. The normalized spacial score (nSPS) is 10.3. The molecule has 0 amide bonds. The number of aromatic carboxylic acids is 1. The largest absolute Gasteiger partial charge is 0.478 e. The first-order valence-corrected chi connectivity index (χ1v) is 6.44. The number of carbonyl (C=O) groups is 1. The summed E-state index contributed by atoms with van der Waals surface area (Å²) in [4.78, 5) is 11.1. The molecular formula is C14H11BrFNO3. The third-order valence-corrected chi connectivity index (χ3v) is 3.37. The van der Waals surface area contributed by atoms with Crippen molar-refractivity contribution < 1.29 is 19.0 Å². The average molecular weight is 340 g/mol. The lowest BCUT2D eigenvalue weighted by Crippen LogP contribution is -2.04. The van der Waals surface area contributed by atoms with E-state index in [1.54, 1.807) is 13.0 Å². The molecule has 2 aromatic carbocycles. The lowest BCUT2D eigenvalue weighted by molar-refractivity contribution is 0.0697. The van der Waals surface area contributed by atoms with Gasteiger partial charge in [0.2, 0.25) is 0 Å². The van der Waals surface area contributed by atoms with Gasteiger partial charge in [-0.05, 0) is 52.7 Å². The fourth-order valence-electron chi connectivity index (χ4n) is 1.68. The topological polar surface area (TPSA) is 72.5 Å². The van der Waals surface area contributed by atoms with Gasteiger partial charge in [0.1, 0.15) is 17.3 Å². The van der Waals surface area contributed by atoms with Crippen molar-refractivity contribution in [2.75, 3.05) is 5.73 Å². The number of nitrogen functional groups attached to an aromatic ring is 1. The second-order valence-corrected chi connectivity index (χ2v) is 5.04. The Bertz CT molecular complexity index is 688. The van der Waals surface area contributed by atoms with Crippen LogP contribution in [0.25, 0.3) is 0 Å². The van der Waals surface area contributed by atoms with E-state index in [-0.39, 0.29) is 22.7 Å². The van der Waals surface area contributed by atoms with Crippen LogP contribution in [0.1, 0.15) is 15.9 Å². The standard InChI is InChI=1S/C14H11BrFNO3/c1-7-4-9(6-10(13(7)17)14(18)19)20-12-5-8(16)2-3-11(12)15/h2-6H,17H2,1H3,(H,18,19). The lowest BCUT2D eigenvalue weighted by atomic mass is 10.1. The van der Waals surface area contributed by atoms with E-state index in [1.807, 2.05) is 0 Å². The highest BCUT2D eigenvalue weighted by molar-refractivity contribution is 9.10. The zero-order chi connectivity index (χ0) is 14.9. The summed E-state index contributed by atoms with van der Waals surface area (Å²) < 4.78 is 19.3. The summed E-state index contributed by atoms with van der Waals surface area (Å²) in [6, 6.07) is 6.90. The van der Waals surface area contributed by atoms with Crippen LogP contribution in [0.15, 0.2) is 34.8 Å². The molecule has 0 bridgehead atoms. The fraction of sp³-hybridized carbons (Fsp3) is 0.0714. The van der Waals surface area contributed by atoms with E-state index in [0.29, 0.717) is 10.0 Å². The number of anilines is 1. The van der Waals surface area contributed by atoms with Gasteiger partial charge in [-0.15, -0.1) is 0 Å². The van der Waals surface area contributed by atoms with E-state index in [9.17, 15) is 9.18 Å². The molecule has 4 nitrogen and oxygen atoms in total. The number of ether oxygens (including phenoxy) is 1. The predicted molar refractivity (Wildman–Crippen MR) is 76.7 cm³/mol. The molecule has 0 saturated carbocycles. The number of hydrogen-bond donors (Lipinski definition) is 2. The number of nitrogens with two attached hydrogens (primary N) is 1. The molecule has 20 heavy (non-hydrogen) atoms. The first kappa shape index (κ1) is 14.3. The molecule has 0 spiro atoms. The van der Waals surface area contributed by atoms with Crippen LogP contribution < -0.4 is 10.5 Å². The van der Waals surface area contributed by atoms with Crippen molar-refractivity contribution in [2.24, 2.45) is 0 Å². The number of aryl methyl sites for hydroxylation is 1. The highest BCUT2D eigenvalue weighted by atomic mass is 79.9. The summed E-state index contributed by atoms with van der Waals surface area (Å²) in [6.07, 6.45) is 0. The van der Waals surface area contributed by atoms with Gasteiger partial charge in [-0.1, -0.05) is 0 Å². The smallest absolute Gasteiger partial charge is 0.337 e. The van der Waals surface area contributed by atoms with Crippen molar-refractivity contribution in [3.05, 3.63) is 51.7 Å². The predicted octanol–water partition coefficient (Wildman–Crippen LogP) is 3.97. The molecule has 0 fully saturated rings. The van der Waals surface area contributed by atoms with E-state index in [2.05, 4.69) is 15.9 Å². The van der Waals surface area contributed by atoms with Gasteiger partial charge >= 0.3 is 5.97 Å². The maximum absolute atomic E-state index is 13.2. The Morgan fingerprint density at radius 2 is 2.05 bits per heavy atom. The summed E-state index contributed by atoms with van der Waals surface area (Å²) in [5.74, 6) is -1.06. The van der Waals surface area contributed by atoms with Gasteiger partial charge in [-0.2, -0.15) is 0 Å². The van der Waals surface area contributed by atoms with Gasteiger partial charge in [-0.25, -0.2) is 9.18 Å². The zero-order valence-electron chi connectivity index (χ0n) is 10.5. The molecule has 6 heteroatoms. The van der Waals surface area contributed by atoms with Crippen LogP contribution in [-0.4, -0.2) is 11.1 Å². The quantitative estimate of drug-likeness (QED) is 0.830. The van der Waals surface area contributed by atoms with E-state index < -0.39 is 11.8 Å². The molecular weight excluding hydrogens is 329 g/mol. The van der Waals surface area contributed by atoms with Crippen LogP contribution in [0.5, 0.6) is 11.5 Å². The Morgan fingerprint density at radius 3 is 2.70 bits per heavy atom. The third-order valence-electron chi connectivity index (χ3n) is 2.71. The van der Waals surface area contributed by atoms with Crippen LogP contribution in [0.2, 0.25) is 0 Å². The summed E-state index contributed by atoms with van der Waals surface area (Å²) in [6.45, 7) is 1.68. The molecule has 0 aromatic heterocycles. The summed E-state index contributed by atoms with van der Waals surface area (Å²) >= 11 is 3.24. The molecule has 0 heterocycles. The van der Waals surface area contributed by atoms with Crippen molar-refractivity contribution in [2.45, 2.75) is 6.92 Å². The Hall–Kier alpha value is -2.08. The highest BCUT2D eigenvalue weighted by Crippen LogP contribution is 2.33. The van der Waals surface area contributed by atoms with E-state index in [4.69, 9.17) is 15.6 Å². The number of hydrogen-bond acceptors (Lipinski definition) is 3. The maximum Gasteiger partial charge on any atom is 0.337 e. The van der Waals surface area contributed by atoms with Crippen molar-refractivity contribution in [1.29, 1.82) is 0 Å². The van der Waals surface area contributed by atoms with E-state index >= 15 is 0 Å². The first-order chi connectivity index (χ1) is 9.38. The number of benzene rings is 2. The van der Waals surface area contributed by atoms with Gasteiger partial charge < -0.3 is 15.6 Å². The van der Waals surface area contributed by atoms with Gasteiger partial charge in [-0.3, -0.25) is 0 Å². The molecule has 0 atom stereocenters. The van der Waals surface area contributed by atoms with Gasteiger partial charge in [0.25, 0.3) is 0 Å². The van der Waals surface area contributed by atoms with Crippen LogP contribution in [0.3, 0.4) is 0 Å². The Balaban J connectivity index is 2.44. The number of carboxylic acid groups (broad SMARTS) is 1. The second kappa shape index (κ2) is 5.50. The molecule has 3 N–H and O–H groups in total. The fourth-order valence-corrected chi connectivity index (χ4v) is 2.01. The zero-order valence-corrected chi connectivity index (χ0v) is 12.1. The number of rotatable bonds is 3. The Labute approximate surface area is 123 Å². The number of carboxylic acids is 1. The molecule has 0 aliphatic heterocycles. The molecule has 0 saturated heterocycles.